The summed E-state index contributed by atoms with van der Waals surface area (Å²) < 4.78 is 34.3. The van der Waals surface area contributed by atoms with Crippen LogP contribution >= 0.6 is 0 Å². The van der Waals surface area contributed by atoms with E-state index in [1.54, 1.807) is 9.47 Å². The van der Waals surface area contributed by atoms with Crippen molar-refractivity contribution in [2.75, 3.05) is 20.7 Å². The molecule has 2 bridgehead atoms. The van der Waals surface area contributed by atoms with Gasteiger partial charge in [0.05, 0.1) is 7.11 Å². The second-order valence-electron chi connectivity index (χ2n) is 9.57. The Kier molecular flexibility index (Phi) is 5.92. The Hall–Kier alpha value is -3.96. The molecule has 1 N–H and O–H groups in total. The molecule has 1 spiro atoms. The lowest BCUT2D eigenvalue weighted by Crippen LogP contribution is -2.57. The van der Waals surface area contributed by atoms with E-state index < -0.39 is 34.7 Å². The Morgan fingerprint density at radius 1 is 1.32 bits per heavy atom. The van der Waals surface area contributed by atoms with E-state index in [-0.39, 0.29) is 47.6 Å². The fourth-order valence-corrected chi connectivity index (χ4v) is 5.36. The lowest BCUT2D eigenvalue weighted by atomic mass is 9.94. The van der Waals surface area contributed by atoms with Gasteiger partial charge in [-0.1, -0.05) is 11.2 Å². The Morgan fingerprint density at radius 2 is 2.08 bits per heavy atom. The summed E-state index contributed by atoms with van der Waals surface area (Å²) in [4.78, 5) is 49.7. The average Bonchev–Trinajstić information content (AvgIpc) is 3.08. The molecule has 196 valence electrons. The molecule has 3 aliphatic heterocycles. The van der Waals surface area contributed by atoms with Gasteiger partial charge in [-0.05, 0) is 26.3 Å². The van der Waals surface area contributed by atoms with E-state index in [1.807, 2.05) is 25.8 Å². The highest BCUT2D eigenvalue weighted by Crippen LogP contribution is 2.45. The number of carbonyl (C=O) groups is 2. The minimum Gasteiger partial charge on any atom is -0.491 e. The fraction of sp³-hybridized carbons (Fsp3) is 0.440. The fourth-order valence-electron chi connectivity index (χ4n) is 5.36. The number of ether oxygens (including phenoxy) is 1. The summed E-state index contributed by atoms with van der Waals surface area (Å²) in [7, 11) is 3.12. The van der Waals surface area contributed by atoms with E-state index in [0.29, 0.717) is 24.7 Å². The van der Waals surface area contributed by atoms with Crippen molar-refractivity contribution in [3.05, 3.63) is 63.1 Å². The number of methoxy groups -OCH3 is 1. The minimum atomic E-state index is -0.951. The summed E-state index contributed by atoms with van der Waals surface area (Å²) >= 11 is 0. The number of pyridine rings is 1. The number of likely N-dealkylation sites (N-methyl/N-ethyl adjacent to an activating group) is 1. The van der Waals surface area contributed by atoms with Gasteiger partial charge in [-0.15, -0.1) is 0 Å². The molecule has 0 saturated carbocycles. The first-order chi connectivity index (χ1) is 17.6. The summed E-state index contributed by atoms with van der Waals surface area (Å²) in [6.07, 6.45) is 2.51. The molecule has 3 aliphatic rings. The van der Waals surface area contributed by atoms with Gasteiger partial charge in [0.25, 0.3) is 11.8 Å². The molecule has 2 aromatic rings. The number of rotatable bonds is 4. The summed E-state index contributed by atoms with van der Waals surface area (Å²) in [6, 6.07) is 2.35. The first-order valence-corrected chi connectivity index (χ1v) is 11.9. The van der Waals surface area contributed by atoms with Gasteiger partial charge in [-0.3, -0.25) is 14.4 Å². The number of fused-ring (bicyclic) bond motifs is 5. The number of nitrogens with zero attached hydrogens (tertiary/aromatic N) is 4. The lowest BCUT2D eigenvalue weighted by Gasteiger charge is -2.44. The predicted molar refractivity (Wildman–Crippen MR) is 128 cm³/mol. The van der Waals surface area contributed by atoms with Crippen LogP contribution in [-0.2, 0) is 11.4 Å². The molecule has 1 aromatic heterocycles. The van der Waals surface area contributed by atoms with Crippen molar-refractivity contribution >= 4 is 17.6 Å². The second kappa shape index (κ2) is 8.86. The maximum Gasteiger partial charge on any atom is 0.274 e. The second-order valence-corrected chi connectivity index (χ2v) is 9.57. The van der Waals surface area contributed by atoms with E-state index in [1.165, 1.54) is 19.4 Å². The zero-order valence-corrected chi connectivity index (χ0v) is 20.9. The molecule has 2 amide bonds. The third-order valence-corrected chi connectivity index (χ3v) is 7.63. The van der Waals surface area contributed by atoms with Crippen LogP contribution in [0, 0.1) is 11.6 Å². The van der Waals surface area contributed by atoms with Crippen LogP contribution in [0.5, 0.6) is 5.75 Å². The quantitative estimate of drug-likeness (QED) is 0.670. The van der Waals surface area contributed by atoms with Crippen molar-refractivity contribution in [2.24, 2.45) is 5.16 Å². The molecular formula is C25H27F2N5O5. The summed E-state index contributed by atoms with van der Waals surface area (Å²) in [5.74, 6) is -2.34. The van der Waals surface area contributed by atoms with Crippen LogP contribution in [0.1, 0.15) is 59.1 Å². The first-order valence-electron chi connectivity index (χ1n) is 11.9. The Labute approximate surface area is 211 Å². The van der Waals surface area contributed by atoms with Crippen LogP contribution < -0.4 is 15.5 Å². The van der Waals surface area contributed by atoms with E-state index in [2.05, 4.69) is 10.5 Å². The van der Waals surface area contributed by atoms with Gasteiger partial charge in [0, 0.05) is 50.4 Å². The van der Waals surface area contributed by atoms with Crippen LogP contribution in [0.25, 0.3) is 0 Å². The topological polar surface area (TPSA) is 105 Å². The van der Waals surface area contributed by atoms with Gasteiger partial charge in [0.15, 0.2) is 11.4 Å². The molecule has 37 heavy (non-hydrogen) atoms. The van der Waals surface area contributed by atoms with Crippen molar-refractivity contribution in [3.8, 4) is 5.75 Å². The predicted octanol–water partition coefficient (Wildman–Crippen LogP) is 2.24. The van der Waals surface area contributed by atoms with E-state index in [4.69, 9.17) is 9.57 Å². The Morgan fingerprint density at radius 3 is 2.73 bits per heavy atom. The monoisotopic (exact) mass is 515 g/mol. The van der Waals surface area contributed by atoms with Crippen LogP contribution in [0.2, 0.25) is 0 Å². The summed E-state index contributed by atoms with van der Waals surface area (Å²) in [6.45, 7) is 3.75. The van der Waals surface area contributed by atoms with Gasteiger partial charge in [0.1, 0.15) is 29.1 Å². The number of aromatic nitrogens is 1. The van der Waals surface area contributed by atoms with Gasteiger partial charge < -0.3 is 29.3 Å². The molecule has 1 fully saturated rings. The number of amides is 2. The SMILES string of the molecule is COc1c2n(cc(C(=O)NCc3ccc(F)cc3F)c1=O)[C@@H]1CN(C2=O)[C@@H](C)CC[C@@]12ON=C(C)N2C. The summed E-state index contributed by atoms with van der Waals surface area (Å²) in [5.41, 5.74) is -1.92. The lowest BCUT2D eigenvalue weighted by molar-refractivity contribution is -0.132. The highest BCUT2D eigenvalue weighted by atomic mass is 19.1. The van der Waals surface area contributed by atoms with Crippen LogP contribution in [0.3, 0.4) is 0 Å². The zero-order valence-electron chi connectivity index (χ0n) is 20.9. The summed E-state index contributed by atoms with van der Waals surface area (Å²) in [5, 5.41) is 6.69. The van der Waals surface area contributed by atoms with Gasteiger partial charge in [-0.25, -0.2) is 8.78 Å². The molecule has 4 heterocycles. The van der Waals surface area contributed by atoms with Crippen LogP contribution in [0.4, 0.5) is 8.78 Å². The van der Waals surface area contributed by atoms with Crippen LogP contribution in [0.15, 0.2) is 34.3 Å². The number of amidine groups is 1. The zero-order chi connectivity index (χ0) is 26.6. The van der Waals surface area contributed by atoms with E-state index in [9.17, 15) is 23.2 Å². The Bertz CT molecular complexity index is 1390. The minimum absolute atomic E-state index is 0.0274. The third-order valence-electron chi connectivity index (χ3n) is 7.63. The number of hydrogen-bond donors (Lipinski definition) is 1. The first kappa shape index (κ1) is 24.7. The molecule has 0 unspecified atom stereocenters. The molecule has 12 heteroatoms. The van der Waals surface area contributed by atoms with Crippen LogP contribution in [-0.4, -0.2) is 64.5 Å². The standard InChI is InChI=1S/C25H27F2N5O5/c1-13-7-8-25(30(3)14(2)29-37-25)19-12-31(13)24(35)20-22(36-4)21(33)17(11-32(19)20)23(34)28-10-15-5-6-16(26)9-18(15)27/h5-6,9,11,13,19H,7-8,10,12H2,1-4H3,(H,28,34)/t13-,19+,25+/m0/s1. The normalized spacial score (nSPS) is 24.4. The maximum atomic E-state index is 14.1. The van der Waals surface area contributed by atoms with Gasteiger partial charge in [0.2, 0.25) is 11.2 Å². The molecule has 10 nitrogen and oxygen atoms in total. The van der Waals surface area contributed by atoms with Crippen molar-refractivity contribution in [1.29, 1.82) is 0 Å². The average molecular weight is 516 g/mol. The molecule has 1 saturated heterocycles. The molecule has 0 radical (unpaired) electrons. The van der Waals surface area contributed by atoms with Gasteiger partial charge >= 0.3 is 0 Å². The molecule has 1 aromatic carbocycles. The highest BCUT2D eigenvalue weighted by Gasteiger charge is 2.56. The number of halogens is 2. The van der Waals surface area contributed by atoms with Crippen molar-refractivity contribution in [2.45, 2.75) is 51.0 Å². The van der Waals surface area contributed by atoms with Crippen molar-refractivity contribution in [3.63, 3.8) is 0 Å². The maximum absolute atomic E-state index is 14.1. The molecule has 3 atom stereocenters. The molecule has 0 aliphatic carbocycles. The number of oxime groups is 1. The van der Waals surface area contributed by atoms with E-state index >= 15 is 0 Å². The van der Waals surface area contributed by atoms with Gasteiger partial charge in [-0.2, -0.15) is 0 Å². The largest absolute Gasteiger partial charge is 0.491 e. The number of benzene rings is 1. The van der Waals surface area contributed by atoms with Crippen molar-refractivity contribution in [1.82, 2.24) is 19.7 Å². The Balaban J connectivity index is 1.60. The van der Waals surface area contributed by atoms with E-state index in [0.717, 1.165) is 6.07 Å². The highest BCUT2D eigenvalue weighted by molar-refractivity contribution is 5.99. The number of hydrogen-bond acceptors (Lipinski definition) is 7. The molecular weight excluding hydrogens is 488 g/mol. The number of carbonyl (C=O) groups excluding carboxylic acids is 2. The van der Waals surface area contributed by atoms with Crippen molar-refractivity contribution < 1.29 is 27.9 Å². The number of nitrogens with one attached hydrogen (secondary N) is 1. The molecule has 5 rings (SSSR count). The smallest absolute Gasteiger partial charge is 0.274 e. The third kappa shape index (κ3) is 3.73.